The highest BCUT2D eigenvalue weighted by Crippen LogP contribution is 2.28. The van der Waals surface area contributed by atoms with Gasteiger partial charge in [-0.25, -0.2) is 0 Å². The molecule has 1 aromatic carbocycles. The van der Waals surface area contributed by atoms with E-state index in [-0.39, 0.29) is 24.5 Å². The Morgan fingerprint density at radius 3 is 3.08 bits per heavy atom. The fourth-order valence-corrected chi connectivity index (χ4v) is 4.26. The van der Waals surface area contributed by atoms with E-state index in [4.69, 9.17) is 4.74 Å². The van der Waals surface area contributed by atoms with Crippen molar-refractivity contribution >= 4 is 17.5 Å². The molecule has 0 aliphatic carbocycles. The summed E-state index contributed by atoms with van der Waals surface area (Å²) in [5, 5.41) is 6.00. The van der Waals surface area contributed by atoms with Gasteiger partial charge >= 0.3 is 0 Å². The van der Waals surface area contributed by atoms with Crippen molar-refractivity contribution in [2.24, 2.45) is 0 Å². The number of piperidine rings is 1. The first kappa shape index (κ1) is 16.4. The highest BCUT2D eigenvalue weighted by atomic mass is 16.5. The molecule has 2 atom stereocenters. The number of carbonyl (C=O) groups is 2. The molecular weight excluding hydrogens is 318 g/mol. The van der Waals surface area contributed by atoms with Crippen molar-refractivity contribution in [3.05, 3.63) is 23.8 Å². The lowest BCUT2D eigenvalue weighted by atomic mass is 9.99. The van der Waals surface area contributed by atoms with Crippen LogP contribution in [0.4, 0.5) is 5.69 Å². The van der Waals surface area contributed by atoms with E-state index in [0.29, 0.717) is 24.6 Å². The van der Waals surface area contributed by atoms with E-state index in [1.165, 1.54) is 25.8 Å². The smallest absolute Gasteiger partial charge is 0.258 e. The Kier molecular flexibility index (Phi) is 4.61. The van der Waals surface area contributed by atoms with E-state index in [2.05, 4.69) is 15.5 Å². The minimum Gasteiger partial charge on any atom is -0.484 e. The highest BCUT2D eigenvalue weighted by Gasteiger charge is 2.36. The lowest BCUT2D eigenvalue weighted by Crippen LogP contribution is -2.47. The lowest BCUT2D eigenvalue weighted by molar-refractivity contribution is -0.124. The molecule has 0 unspecified atom stereocenters. The van der Waals surface area contributed by atoms with Gasteiger partial charge in [0.05, 0.1) is 0 Å². The fourth-order valence-electron chi connectivity index (χ4n) is 4.26. The molecule has 0 aromatic heterocycles. The molecule has 3 heterocycles. The molecule has 2 N–H and O–H groups in total. The topological polar surface area (TPSA) is 70.7 Å². The van der Waals surface area contributed by atoms with Gasteiger partial charge in [0, 0.05) is 30.7 Å². The lowest BCUT2D eigenvalue weighted by Gasteiger charge is -2.32. The van der Waals surface area contributed by atoms with Crippen molar-refractivity contribution in [1.82, 2.24) is 10.2 Å². The summed E-state index contributed by atoms with van der Waals surface area (Å²) < 4.78 is 5.67. The van der Waals surface area contributed by atoms with Gasteiger partial charge in [0.1, 0.15) is 5.75 Å². The third-order valence-electron chi connectivity index (χ3n) is 5.54. The molecule has 4 rings (SSSR count). The summed E-state index contributed by atoms with van der Waals surface area (Å²) in [7, 11) is 0. The number of benzene rings is 1. The number of anilines is 1. The van der Waals surface area contributed by atoms with Crippen molar-refractivity contribution in [3.8, 4) is 5.75 Å². The van der Waals surface area contributed by atoms with Crippen LogP contribution in [-0.2, 0) is 16.0 Å². The van der Waals surface area contributed by atoms with Gasteiger partial charge in [0.25, 0.3) is 5.91 Å². The molecule has 25 heavy (non-hydrogen) atoms. The maximum Gasteiger partial charge on any atom is 0.258 e. The van der Waals surface area contributed by atoms with Gasteiger partial charge in [0.15, 0.2) is 6.61 Å². The maximum atomic E-state index is 12.3. The number of carbonyl (C=O) groups excluding carboxylic acids is 2. The number of nitrogens with one attached hydrogen (secondary N) is 2. The zero-order chi connectivity index (χ0) is 17.2. The Hall–Kier alpha value is -2.08. The first-order chi connectivity index (χ1) is 12.2. The number of hydrogen-bond acceptors (Lipinski definition) is 4. The second kappa shape index (κ2) is 7.04. The van der Waals surface area contributed by atoms with E-state index in [0.717, 1.165) is 24.2 Å². The summed E-state index contributed by atoms with van der Waals surface area (Å²) in [5.74, 6) is 0.674. The van der Waals surface area contributed by atoms with Gasteiger partial charge < -0.3 is 15.4 Å². The quantitative estimate of drug-likeness (QED) is 0.873. The third kappa shape index (κ3) is 3.63. The van der Waals surface area contributed by atoms with Crippen LogP contribution in [0.3, 0.4) is 0 Å². The molecule has 0 bridgehead atoms. The van der Waals surface area contributed by atoms with E-state index in [1.807, 2.05) is 12.1 Å². The molecule has 1 aromatic rings. The fraction of sp³-hybridized carbons (Fsp3) is 0.579. The number of rotatable bonds is 4. The molecule has 2 fully saturated rings. The number of fused-ring (bicyclic) bond motifs is 2. The molecule has 0 radical (unpaired) electrons. The predicted molar refractivity (Wildman–Crippen MR) is 94.6 cm³/mol. The van der Waals surface area contributed by atoms with Crippen molar-refractivity contribution < 1.29 is 14.3 Å². The van der Waals surface area contributed by atoms with Gasteiger partial charge in [-0.3, -0.25) is 14.5 Å². The van der Waals surface area contributed by atoms with Crippen LogP contribution >= 0.6 is 0 Å². The molecule has 3 aliphatic rings. The second-order valence-electron chi connectivity index (χ2n) is 7.22. The summed E-state index contributed by atoms with van der Waals surface area (Å²) in [6, 6.07) is 6.33. The van der Waals surface area contributed by atoms with Crippen LogP contribution in [0.15, 0.2) is 18.2 Å². The van der Waals surface area contributed by atoms with E-state index in [9.17, 15) is 9.59 Å². The summed E-state index contributed by atoms with van der Waals surface area (Å²) in [6.45, 7) is 2.29. The number of ether oxygens (including phenoxy) is 1. The predicted octanol–water partition coefficient (Wildman–Crippen LogP) is 1.69. The highest BCUT2D eigenvalue weighted by molar-refractivity contribution is 5.94. The Labute approximate surface area is 147 Å². The zero-order valence-electron chi connectivity index (χ0n) is 14.4. The largest absolute Gasteiger partial charge is 0.484 e. The van der Waals surface area contributed by atoms with Crippen molar-refractivity contribution in [1.29, 1.82) is 0 Å². The average molecular weight is 343 g/mol. The van der Waals surface area contributed by atoms with Gasteiger partial charge in [0.2, 0.25) is 5.91 Å². The van der Waals surface area contributed by atoms with Gasteiger partial charge in [-0.05, 0) is 56.0 Å². The summed E-state index contributed by atoms with van der Waals surface area (Å²) >= 11 is 0. The first-order valence-corrected chi connectivity index (χ1v) is 9.28. The number of hydrogen-bond donors (Lipinski definition) is 2. The summed E-state index contributed by atoms with van der Waals surface area (Å²) in [4.78, 5) is 26.2. The maximum absolute atomic E-state index is 12.3. The normalized spacial score (nSPS) is 25.7. The standard InChI is InChI=1S/C19H25N3O3/c23-18-7-4-13-11-14(5-6-15(13)20-18)25-12-19(24)21-16-8-10-22-9-2-1-3-17(16)22/h5-6,11,16-17H,1-4,7-10,12H2,(H,20,23)(H,21,24)/t16-,17-/m1/s1. The number of amides is 2. The van der Waals surface area contributed by atoms with Gasteiger partial charge in [-0.15, -0.1) is 0 Å². The Balaban J connectivity index is 1.29. The number of nitrogens with zero attached hydrogens (tertiary/aromatic N) is 1. The molecule has 0 saturated carbocycles. The van der Waals surface area contributed by atoms with E-state index < -0.39 is 0 Å². The average Bonchev–Trinajstić information content (AvgIpc) is 3.03. The summed E-state index contributed by atoms with van der Waals surface area (Å²) in [5.41, 5.74) is 1.91. The minimum atomic E-state index is -0.0524. The molecule has 6 nitrogen and oxygen atoms in total. The van der Waals surface area contributed by atoms with E-state index in [1.54, 1.807) is 6.07 Å². The van der Waals surface area contributed by atoms with Crippen LogP contribution in [0.1, 0.15) is 37.7 Å². The van der Waals surface area contributed by atoms with E-state index >= 15 is 0 Å². The zero-order valence-corrected chi connectivity index (χ0v) is 14.4. The first-order valence-electron chi connectivity index (χ1n) is 9.28. The van der Waals surface area contributed by atoms with Crippen LogP contribution in [-0.4, -0.2) is 48.5 Å². The van der Waals surface area contributed by atoms with Crippen molar-refractivity contribution in [2.75, 3.05) is 25.0 Å². The van der Waals surface area contributed by atoms with Gasteiger partial charge in [-0.1, -0.05) is 6.42 Å². The Bertz CT molecular complexity index is 676. The molecule has 6 heteroatoms. The Morgan fingerprint density at radius 1 is 1.24 bits per heavy atom. The molecule has 3 aliphatic heterocycles. The van der Waals surface area contributed by atoms with Crippen LogP contribution in [0.5, 0.6) is 5.75 Å². The molecule has 2 amide bonds. The summed E-state index contributed by atoms with van der Waals surface area (Å²) in [6.07, 6.45) is 5.96. The third-order valence-corrected chi connectivity index (χ3v) is 5.54. The van der Waals surface area contributed by atoms with Crippen molar-refractivity contribution in [3.63, 3.8) is 0 Å². The number of aryl methyl sites for hydroxylation is 1. The molecule has 2 saturated heterocycles. The molecule has 0 spiro atoms. The molecular formula is C19H25N3O3. The SMILES string of the molecule is O=C1CCc2cc(OCC(=O)N[C@@H]3CCN4CCCC[C@H]34)ccc2N1. The second-order valence-corrected chi connectivity index (χ2v) is 7.22. The van der Waals surface area contributed by atoms with Crippen LogP contribution in [0.2, 0.25) is 0 Å². The van der Waals surface area contributed by atoms with Crippen LogP contribution in [0, 0.1) is 0 Å². The van der Waals surface area contributed by atoms with Crippen molar-refractivity contribution in [2.45, 2.75) is 50.6 Å². The van der Waals surface area contributed by atoms with Crippen LogP contribution in [0.25, 0.3) is 0 Å². The Morgan fingerprint density at radius 2 is 2.16 bits per heavy atom. The minimum absolute atomic E-state index is 0.0361. The molecule has 134 valence electrons. The van der Waals surface area contributed by atoms with Gasteiger partial charge in [-0.2, -0.15) is 0 Å². The monoisotopic (exact) mass is 343 g/mol. The van der Waals surface area contributed by atoms with Crippen LogP contribution < -0.4 is 15.4 Å².